The molecule has 9 heteroatoms. The van der Waals surface area contributed by atoms with Gasteiger partial charge in [-0.15, -0.1) is 0 Å². The third kappa shape index (κ3) is 3.85. The van der Waals surface area contributed by atoms with E-state index in [-0.39, 0.29) is 27.9 Å². The Balaban J connectivity index is 1.78. The van der Waals surface area contributed by atoms with E-state index in [0.29, 0.717) is 5.89 Å². The zero-order chi connectivity index (χ0) is 17.9. The van der Waals surface area contributed by atoms with Gasteiger partial charge in [-0.25, -0.2) is 13.1 Å². The Morgan fingerprint density at radius 1 is 1.20 bits per heavy atom. The van der Waals surface area contributed by atoms with E-state index in [9.17, 15) is 8.42 Å². The summed E-state index contributed by atoms with van der Waals surface area (Å²) in [5.74, 6) is 0.467. The van der Waals surface area contributed by atoms with E-state index in [1.54, 1.807) is 12.1 Å². The quantitative estimate of drug-likeness (QED) is 0.735. The monoisotopic (exact) mass is 374 g/mol. The van der Waals surface area contributed by atoms with Gasteiger partial charge in [0.05, 0.1) is 17.0 Å². The first-order valence-electron chi connectivity index (χ1n) is 7.07. The van der Waals surface area contributed by atoms with Crippen LogP contribution >= 0.6 is 11.6 Å². The van der Waals surface area contributed by atoms with Crippen molar-refractivity contribution in [3.63, 3.8) is 0 Å². The Morgan fingerprint density at radius 3 is 2.68 bits per heavy atom. The van der Waals surface area contributed by atoms with Crippen LogP contribution in [0.25, 0.3) is 11.5 Å². The van der Waals surface area contributed by atoms with E-state index in [1.165, 1.54) is 18.2 Å². The van der Waals surface area contributed by atoms with E-state index in [2.05, 4.69) is 14.9 Å². The first kappa shape index (κ1) is 17.1. The van der Waals surface area contributed by atoms with Crippen molar-refractivity contribution in [2.24, 2.45) is 0 Å². The molecule has 25 heavy (non-hydrogen) atoms. The van der Waals surface area contributed by atoms with Crippen LogP contribution in [0.15, 0.2) is 57.9 Å². The third-order valence-electron chi connectivity index (χ3n) is 3.26. The number of benzene rings is 2. The Morgan fingerprint density at radius 2 is 1.96 bits per heavy atom. The summed E-state index contributed by atoms with van der Waals surface area (Å²) in [4.78, 5) is 3.98. The Kier molecular flexibility index (Phi) is 4.81. The molecule has 3 rings (SSSR count). The lowest BCUT2D eigenvalue weighted by Gasteiger charge is -2.06. The zero-order valence-corrected chi connectivity index (χ0v) is 14.3. The molecule has 0 aliphatic heterocycles. The molecule has 0 atom stereocenters. The van der Waals surface area contributed by atoms with E-state index < -0.39 is 10.0 Å². The SMILES string of the molecule is N#Cc1cc(Cl)ccc1S(=O)(=O)NCc1noc(-c2ccccc2)n1. The van der Waals surface area contributed by atoms with Crippen LogP contribution in [0, 0.1) is 11.3 Å². The van der Waals surface area contributed by atoms with Crippen molar-refractivity contribution in [1.29, 1.82) is 5.26 Å². The maximum Gasteiger partial charge on any atom is 0.257 e. The van der Waals surface area contributed by atoms with Crippen LogP contribution in [0.4, 0.5) is 0 Å². The third-order valence-corrected chi connectivity index (χ3v) is 4.96. The largest absolute Gasteiger partial charge is 0.334 e. The van der Waals surface area contributed by atoms with Crippen molar-refractivity contribution in [2.75, 3.05) is 0 Å². The molecular weight excluding hydrogens is 364 g/mol. The molecule has 0 spiro atoms. The van der Waals surface area contributed by atoms with Gasteiger partial charge >= 0.3 is 0 Å². The van der Waals surface area contributed by atoms with Crippen molar-refractivity contribution in [1.82, 2.24) is 14.9 Å². The van der Waals surface area contributed by atoms with Crippen LogP contribution < -0.4 is 4.72 Å². The van der Waals surface area contributed by atoms with Crippen LogP contribution in [-0.4, -0.2) is 18.6 Å². The molecule has 0 bridgehead atoms. The highest BCUT2D eigenvalue weighted by Crippen LogP contribution is 2.20. The average molecular weight is 375 g/mol. The second-order valence-corrected chi connectivity index (χ2v) is 7.13. The van der Waals surface area contributed by atoms with Gasteiger partial charge in [0.15, 0.2) is 5.82 Å². The molecule has 0 unspecified atom stereocenters. The highest BCUT2D eigenvalue weighted by molar-refractivity contribution is 7.89. The molecule has 0 saturated heterocycles. The number of hydrogen-bond acceptors (Lipinski definition) is 6. The van der Waals surface area contributed by atoms with Crippen molar-refractivity contribution >= 4 is 21.6 Å². The number of nitriles is 1. The van der Waals surface area contributed by atoms with E-state index in [1.807, 2.05) is 24.3 Å². The number of nitrogens with zero attached hydrogens (tertiary/aromatic N) is 3. The molecule has 1 aromatic heterocycles. The number of aromatic nitrogens is 2. The van der Waals surface area contributed by atoms with Gasteiger partial charge < -0.3 is 4.52 Å². The molecule has 3 aromatic rings. The summed E-state index contributed by atoms with van der Waals surface area (Å²) in [6.45, 7) is -0.174. The average Bonchev–Trinajstić information content (AvgIpc) is 3.09. The standard InChI is InChI=1S/C16H11ClN4O3S/c17-13-6-7-14(12(8-13)9-18)25(22,23)19-10-15-20-16(24-21-15)11-4-2-1-3-5-11/h1-8,19H,10H2. The summed E-state index contributed by atoms with van der Waals surface area (Å²) in [5.41, 5.74) is 0.687. The summed E-state index contributed by atoms with van der Waals surface area (Å²) in [6.07, 6.45) is 0. The fraction of sp³-hybridized carbons (Fsp3) is 0.0625. The number of rotatable bonds is 5. The number of hydrogen-bond donors (Lipinski definition) is 1. The summed E-state index contributed by atoms with van der Waals surface area (Å²) in [5, 5.41) is 13.1. The molecule has 0 radical (unpaired) electrons. The summed E-state index contributed by atoms with van der Waals surface area (Å²) in [7, 11) is -3.93. The lowest BCUT2D eigenvalue weighted by molar-refractivity contribution is 0.421. The Hall–Kier alpha value is -2.73. The van der Waals surface area contributed by atoms with Crippen LogP contribution in [0.3, 0.4) is 0 Å². The van der Waals surface area contributed by atoms with Crippen LogP contribution in [-0.2, 0) is 16.6 Å². The van der Waals surface area contributed by atoms with Gasteiger partial charge in [0.1, 0.15) is 6.07 Å². The molecule has 0 amide bonds. The second kappa shape index (κ2) is 7.03. The molecule has 0 fully saturated rings. The minimum absolute atomic E-state index is 0.0434. The van der Waals surface area contributed by atoms with Gasteiger partial charge in [-0.3, -0.25) is 0 Å². The van der Waals surface area contributed by atoms with Gasteiger partial charge in [-0.2, -0.15) is 10.2 Å². The minimum atomic E-state index is -3.93. The highest BCUT2D eigenvalue weighted by Gasteiger charge is 2.20. The molecule has 2 aromatic carbocycles. The van der Waals surface area contributed by atoms with E-state index >= 15 is 0 Å². The van der Waals surface area contributed by atoms with Crippen LogP contribution in [0.5, 0.6) is 0 Å². The van der Waals surface area contributed by atoms with Crippen molar-refractivity contribution in [3.8, 4) is 17.5 Å². The predicted octanol–water partition coefficient (Wildman–Crippen LogP) is 2.74. The highest BCUT2D eigenvalue weighted by atomic mass is 35.5. The number of sulfonamides is 1. The second-order valence-electron chi connectivity index (χ2n) is 4.96. The normalized spacial score (nSPS) is 11.2. The molecular formula is C16H11ClN4O3S. The molecule has 0 saturated carbocycles. The Bertz CT molecular complexity index is 1040. The number of halogens is 1. The van der Waals surface area contributed by atoms with Gasteiger partial charge in [-0.05, 0) is 30.3 Å². The van der Waals surface area contributed by atoms with Gasteiger partial charge in [-0.1, -0.05) is 35.0 Å². The predicted molar refractivity (Wildman–Crippen MR) is 89.9 cm³/mol. The minimum Gasteiger partial charge on any atom is -0.334 e. The van der Waals surface area contributed by atoms with Crippen molar-refractivity contribution < 1.29 is 12.9 Å². The topological polar surface area (TPSA) is 109 Å². The summed E-state index contributed by atoms with van der Waals surface area (Å²) in [6, 6.07) is 14.9. The van der Waals surface area contributed by atoms with E-state index in [0.717, 1.165) is 5.56 Å². The van der Waals surface area contributed by atoms with Gasteiger partial charge in [0.2, 0.25) is 10.0 Å². The zero-order valence-electron chi connectivity index (χ0n) is 12.7. The molecule has 1 N–H and O–H groups in total. The maximum atomic E-state index is 12.4. The smallest absolute Gasteiger partial charge is 0.257 e. The maximum absolute atomic E-state index is 12.4. The molecule has 7 nitrogen and oxygen atoms in total. The van der Waals surface area contributed by atoms with Crippen LogP contribution in [0.1, 0.15) is 11.4 Å². The summed E-state index contributed by atoms with van der Waals surface area (Å²) >= 11 is 5.78. The fourth-order valence-corrected chi connectivity index (χ4v) is 3.37. The van der Waals surface area contributed by atoms with Crippen LogP contribution in [0.2, 0.25) is 5.02 Å². The lowest BCUT2D eigenvalue weighted by Crippen LogP contribution is -2.24. The van der Waals surface area contributed by atoms with Crippen molar-refractivity contribution in [3.05, 3.63) is 64.9 Å². The first-order chi connectivity index (χ1) is 12.0. The van der Waals surface area contributed by atoms with Gasteiger partial charge in [0.25, 0.3) is 5.89 Å². The van der Waals surface area contributed by atoms with Crippen molar-refractivity contribution in [2.45, 2.75) is 11.4 Å². The fourth-order valence-electron chi connectivity index (χ4n) is 2.08. The molecule has 126 valence electrons. The lowest BCUT2D eigenvalue weighted by atomic mass is 10.2. The number of nitrogens with one attached hydrogen (secondary N) is 1. The Labute approximate surface area is 148 Å². The first-order valence-corrected chi connectivity index (χ1v) is 8.93. The van der Waals surface area contributed by atoms with E-state index in [4.69, 9.17) is 21.4 Å². The molecule has 0 aliphatic carbocycles. The molecule has 0 aliphatic rings. The molecule has 1 heterocycles. The van der Waals surface area contributed by atoms with Gasteiger partial charge in [0, 0.05) is 10.6 Å². The summed E-state index contributed by atoms with van der Waals surface area (Å²) < 4.78 is 32.2.